The van der Waals surface area contributed by atoms with Crippen molar-refractivity contribution >= 4 is 23.3 Å². The lowest BCUT2D eigenvalue weighted by atomic mass is 9.94. The molecule has 8 heteroatoms. The summed E-state index contributed by atoms with van der Waals surface area (Å²) in [5.74, 6) is 1.30. The first-order valence-corrected chi connectivity index (χ1v) is 13.5. The van der Waals surface area contributed by atoms with E-state index in [9.17, 15) is 9.59 Å². The van der Waals surface area contributed by atoms with Gasteiger partial charge in [0.2, 0.25) is 0 Å². The first kappa shape index (κ1) is 28.1. The number of rotatable bonds is 9. The number of hydrogen-bond acceptors (Lipinski definition) is 7. The van der Waals surface area contributed by atoms with Crippen LogP contribution in [0.3, 0.4) is 0 Å². The van der Waals surface area contributed by atoms with Crippen molar-refractivity contribution in [3.05, 3.63) is 77.6 Å². The molecule has 39 heavy (non-hydrogen) atoms. The largest absolute Gasteiger partial charge is 0.494 e. The number of ether oxygens (including phenoxy) is 2. The Kier molecular flexibility index (Phi) is 9.17. The Morgan fingerprint density at radius 2 is 1.62 bits per heavy atom. The lowest BCUT2D eigenvalue weighted by Gasteiger charge is -2.33. The molecule has 0 bridgehead atoms. The van der Waals surface area contributed by atoms with Crippen LogP contribution in [0.4, 0.5) is 16.2 Å². The Labute approximate surface area is 230 Å². The molecule has 1 aromatic heterocycles. The number of benzene rings is 2. The van der Waals surface area contributed by atoms with Gasteiger partial charge in [-0.2, -0.15) is 5.10 Å². The van der Waals surface area contributed by atoms with Crippen LogP contribution in [0.2, 0.25) is 0 Å². The highest BCUT2D eigenvalue weighted by molar-refractivity contribution is 5.97. The van der Waals surface area contributed by atoms with Gasteiger partial charge in [-0.1, -0.05) is 24.3 Å². The van der Waals surface area contributed by atoms with Gasteiger partial charge in [-0.05, 0) is 93.8 Å². The molecule has 1 N–H and O–H groups in total. The Balaban J connectivity index is 1.19. The number of ketones is 1. The van der Waals surface area contributed by atoms with Gasteiger partial charge in [-0.25, -0.2) is 4.79 Å². The first-order valence-electron chi connectivity index (χ1n) is 13.5. The van der Waals surface area contributed by atoms with E-state index in [4.69, 9.17) is 9.47 Å². The Morgan fingerprint density at radius 3 is 2.23 bits per heavy atom. The molecule has 4 rings (SSSR count). The molecule has 3 aromatic rings. The van der Waals surface area contributed by atoms with E-state index in [-0.39, 0.29) is 11.9 Å². The van der Waals surface area contributed by atoms with Gasteiger partial charge >= 0.3 is 6.09 Å². The molecule has 1 aliphatic rings. The minimum atomic E-state index is -0.458. The van der Waals surface area contributed by atoms with E-state index >= 15 is 0 Å². The molecule has 1 amide bonds. The number of amides is 1. The number of likely N-dealkylation sites (tertiary alicyclic amines) is 1. The zero-order valence-corrected chi connectivity index (χ0v) is 23.3. The van der Waals surface area contributed by atoms with E-state index in [1.165, 1.54) is 18.1 Å². The predicted molar refractivity (Wildman–Crippen MR) is 152 cm³/mol. The van der Waals surface area contributed by atoms with Crippen molar-refractivity contribution in [1.29, 1.82) is 0 Å². The summed E-state index contributed by atoms with van der Waals surface area (Å²) in [6.07, 6.45) is 5.10. The molecule has 2 heterocycles. The number of hydrogen-bond donors (Lipinski definition) is 1. The monoisotopic (exact) mass is 530 g/mol. The molecule has 0 spiro atoms. The fraction of sp³-hybridized carbons (Fsp3) is 0.419. The van der Waals surface area contributed by atoms with E-state index in [1.807, 2.05) is 49.9 Å². The van der Waals surface area contributed by atoms with Crippen molar-refractivity contribution in [2.75, 3.05) is 25.0 Å². The maximum absolute atomic E-state index is 12.2. The average Bonchev–Trinajstić information content (AvgIpc) is 2.90. The van der Waals surface area contributed by atoms with Crippen LogP contribution in [0.5, 0.6) is 5.75 Å². The number of aromatic nitrogens is 2. The summed E-state index contributed by atoms with van der Waals surface area (Å²) in [5, 5.41) is 11.0. The number of carbonyl (C=O) groups excluding carboxylic acids is 2. The summed E-state index contributed by atoms with van der Waals surface area (Å²) >= 11 is 0. The number of carbonyl (C=O) groups is 2. The summed E-state index contributed by atoms with van der Waals surface area (Å²) < 4.78 is 11.5. The normalized spacial score (nSPS) is 14.1. The number of nitrogens with zero attached hydrogens (tertiary/aromatic N) is 3. The van der Waals surface area contributed by atoms with Crippen molar-refractivity contribution in [1.82, 2.24) is 15.1 Å². The van der Waals surface area contributed by atoms with Gasteiger partial charge in [0, 0.05) is 25.7 Å². The lowest BCUT2D eigenvalue weighted by Crippen LogP contribution is -2.41. The fourth-order valence-electron chi connectivity index (χ4n) is 4.57. The van der Waals surface area contributed by atoms with E-state index < -0.39 is 5.60 Å². The number of piperidine rings is 1. The molecule has 0 atom stereocenters. The molecular formula is C31H38N4O4. The second kappa shape index (κ2) is 12.7. The molecular weight excluding hydrogens is 492 g/mol. The van der Waals surface area contributed by atoms with Crippen LogP contribution in [0.25, 0.3) is 0 Å². The Morgan fingerprint density at radius 1 is 0.974 bits per heavy atom. The van der Waals surface area contributed by atoms with Crippen molar-refractivity contribution in [2.24, 2.45) is 5.92 Å². The van der Waals surface area contributed by atoms with Crippen LogP contribution in [-0.4, -0.2) is 52.3 Å². The van der Waals surface area contributed by atoms with Crippen LogP contribution >= 0.6 is 0 Å². The van der Waals surface area contributed by atoms with Crippen LogP contribution in [0, 0.1) is 5.92 Å². The molecule has 0 unspecified atom stereocenters. The SMILES string of the molecule is CC(=O)c1nnccc1Nc1ccc(Cc2ccc(OCCC3CCN(C(=O)OC(C)(C)C)CC3)cc2)cc1. The molecule has 1 aliphatic heterocycles. The predicted octanol–water partition coefficient (Wildman–Crippen LogP) is 6.43. The Bertz CT molecular complexity index is 1240. The molecule has 8 nitrogen and oxygen atoms in total. The molecule has 206 valence electrons. The van der Waals surface area contributed by atoms with Gasteiger partial charge in [0.05, 0.1) is 18.5 Å². The minimum absolute atomic E-state index is 0.129. The number of nitrogens with one attached hydrogen (secondary N) is 1. The highest BCUT2D eigenvalue weighted by Gasteiger charge is 2.26. The third-order valence-corrected chi connectivity index (χ3v) is 6.68. The number of Topliss-reactive ketones (excluding diaryl/α,β-unsaturated/α-hetero) is 1. The van der Waals surface area contributed by atoms with Crippen molar-refractivity contribution in [3.63, 3.8) is 0 Å². The van der Waals surface area contributed by atoms with Crippen molar-refractivity contribution in [3.8, 4) is 5.75 Å². The molecule has 1 saturated heterocycles. The molecule has 0 radical (unpaired) electrons. The Hall–Kier alpha value is -3.94. The summed E-state index contributed by atoms with van der Waals surface area (Å²) in [5.41, 5.74) is 3.79. The van der Waals surface area contributed by atoms with E-state index in [1.54, 1.807) is 12.3 Å². The molecule has 1 fully saturated rings. The topological polar surface area (TPSA) is 93.6 Å². The zero-order valence-electron chi connectivity index (χ0n) is 23.3. The average molecular weight is 531 g/mol. The third-order valence-electron chi connectivity index (χ3n) is 6.68. The van der Waals surface area contributed by atoms with E-state index in [0.717, 1.165) is 50.2 Å². The van der Waals surface area contributed by atoms with Gasteiger partial charge in [-0.15, -0.1) is 5.10 Å². The molecule has 2 aromatic carbocycles. The van der Waals surface area contributed by atoms with Crippen molar-refractivity contribution < 1.29 is 19.1 Å². The quantitative estimate of drug-likeness (QED) is 0.319. The van der Waals surface area contributed by atoms with E-state index in [2.05, 4.69) is 39.8 Å². The maximum Gasteiger partial charge on any atom is 0.410 e. The fourth-order valence-corrected chi connectivity index (χ4v) is 4.57. The first-order chi connectivity index (χ1) is 18.7. The van der Waals surface area contributed by atoms with Crippen LogP contribution in [0.1, 0.15) is 68.6 Å². The smallest absolute Gasteiger partial charge is 0.410 e. The molecule has 0 saturated carbocycles. The summed E-state index contributed by atoms with van der Waals surface area (Å²) in [4.78, 5) is 25.8. The minimum Gasteiger partial charge on any atom is -0.494 e. The summed E-state index contributed by atoms with van der Waals surface area (Å²) in [7, 11) is 0. The third kappa shape index (κ3) is 8.53. The highest BCUT2D eigenvalue weighted by atomic mass is 16.6. The number of anilines is 2. The van der Waals surface area contributed by atoms with Crippen LogP contribution in [0.15, 0.2) is 60.8 Å². The van der Waals surface area contributed by atoms with Gasteiger partial charge < -0.3 is 19.7 Å². The van der Waals surface area contributed by atoms with Crippen LogP contribution in [-0.2, 0) is 11.2 Å². The molecule has 0 aliphatic carbocycles. The van der Waals surface area contributed by atoms with E-state index in [0.29, 0.717) is 23.9 Å². The lowest BCUT2D eigenvalue weighted by molar-refractivity contribution is 0.0177. The van der Waals surface area contributed by atoms with Gasteiger partial charge in [0.1, 0.15) is 11.4 Å². The van der Waals surface area contributed by atoms with Gasteiger partial charge in [-0.3, -0.25) is 4.79 Å². The van der Waals surface area contributed by atoms with Gasteiger partial charge in [0.15, 0.2) is 11.5 Å². The van der Waals surface area contributed by atoms with Crippen LogP contribution < -0.4 is 10.1 Å². The van der Waals surface area contributed by atoms with Crippen molar-refractivity contribution in [2.45, 2.75) is 59.0 Å². The van der Waals surface area contributed by atoms with Gasteiger partial charge in [0.25, 0.3) is 0 Å². The highest BCUT2D eigenvalue weighted by Crippen LogP contribution is 2.24. The maximum atomic E-state index is 12.2. The summed E-state index contributed by atoms with van der Waals surface area (Å²) in [6.45, 7) is 9.32. The second-order valence-electron chi connectivity index (χ2n) is 11.0. The standard InChI is InChI=1S/C31H38N4O4/c1-22(36)29-28(13-17-32-34-29)33-26-9-5-24(6-10-26)21-25-7-11-27(12-8-25)38-20-16-23-14-18-35(19-15-23)30(37)39-31(2,3)4/h5-13,17,23H,14-16,18-21H2,1-4H3,(H,32,33). The second-order valence-corrected chi connectivity index (χ2v) is 11.0. The zero-order chi connectivity index (χ0) is 27.8. The summed E-state index contributed by atoms with van der Waals surface area (Å²) in [6, 6.07) is 18.1.